The van der Waals surface area contributed by atoms with Gasteiger partial charge in [-0.25, -0.2) is 5.01 Å². The second kappa shape index (κ2) is 6.99. The average molecular weight is 417 g/mol. The molecule has 0 amide bonds. The van der Waals surface area contributed by atoms with E-state index in [1.807, 2.05) is 18.2 Å². The first-order chi connectivity index (χ1) is 14.8. The largest absolute Gasteiger partial charge is 0.464 e. The first kappa shape index (κ1) is 17.7. The highest BCUT2D eigenvalue weighted by Gasteiger charge is 2.41. The van der Waals surface area contributed by atoms with Crippen molar-refractivity contribution >= 4 is 17.5 Å². The molecular formula is C24H20N2O3S. The molecule has 0 fully saturated rings. The first-order valence-corrected chi connectivity index (χ1v) is 11.2. The van der Waals surface area contributed by atoms with Crippen LogP contribution >= 0.6 is 11.8 Å². The summed E-state index contributed by atoms with van der Waals surface area (Å²) >= 11 is 1.74. The number of hydrogen-bond donors (Lipinski definition) is 0. The Morgan fingerprint density at radius 3 is 2.63 bits per heavy atom. The molecule has 5 nitrogen and oxygen atoms in total. The first-order valence-electron chi connectivity index (χ1n) is 9.95. The summed E-state index contributed by atoms with van der Waals surface area (Å²) in [6.07, 6.45) is 2.65. The molecule has 6 heteroatoms. The fourth-order valence-corrected chi connectivity index (χ4v) is 4.68. The zero-order valence-electron chi connectivity index (χ0n) is 16.4. The predicted molar refractivity (Wildman–Crippen MR) is 116 cm³/mol. The van der Waals surface area contributed by atoms with Gasteiger partial charge in [-0.15, -0.1) is 11.8 Å². The highest BCUT2D eigenvalue weighted by molar-refractivity contribution is 7.98. The third-order valence-corrected chi connectivity index (χ3v) is 6.55. The molecule has 0 bridgehead atoms. The highest BCUT2D eigenvalue weighted by atomic mass is 32.2. The van der Waals surface area contributed by atoms with E-state index in [0.29, 0.717) is 0 Å². The summed E-state index contributed by atoms with van der Waals surface area (Å²) in [5.74, 6) is 2.50. The van der Waals surface area contributed by atoms with Gasteiger partial charge in [-0.2, -0.15) is 5.10 Å². The third kappa shape index (κ3) is 2.82. The average Bonchev–Trinajstić information content (AvgIpc) is 3.45. The van der Waals surface area contributed by atoms with E-state index in [1.165, 1.54) is 10.5 Å². The van der Waals surface area contributed by atoms with E-state index in [4.69, 9.17) is 19.3 Å². The summed E-state index contributed by atoms with van der Waals surface area (Å²) in [4.78, 5) is 1.23. The SMILES string of the molecule is CSc1ccc([C@@H]2Oc3ccccc3[C@H]3CC(c4ccc5c(c4)OCO5)=NN32)cc1. The van der Waals surface area contributed by atoms with Crippen LogP contribution in [0.5, 0.6) is 17.2 Å². The van der Waals surface area contributed by atoms with E-state index in [0.717, 1.165) is 40.5 Å². The number of rotatable bonds is 3. The van der Waals surface area contributed by atoms with Crippen molar-refractivity contribution in [3.8, 4) is 17.2 Å². The standard InChI is InChI=1S/C24H20N2O3S/c1-30-17-9-6-15(7-10-17)24-26-20(18-4-2-3-5-21(18)29-24)13-19(25-26)16-8-11-22-23(12-16)28-14-27-22/h2-12,20,24H,13-14H2,1H3/t20-,24+/m1/s1. The van der Waals surface area contributed by atoms with Crippen LogP contribution < -0.4 is 14.2 Å². The molecule has 0 saturated heterocycles. The van der Waals surface area contributed by atoms with Crippen LogP contribution in [0.15, 0.2) is 76.7 Å². The molecule has 3 heterocycles. The van der Waals surface area contributed by atoms with E-state index in [9.17, 15) is 0 Å². The molecule has 0 saturated carbocycles. The van der Waals surface area contributed by atoms with Gasteiger partial charge in [-0.05, 0) is 42.7 Å². The molecule has 3 aliphatic heterocycles. The lowest BCUT2D eigenvalue weighted by atomic mass is 9.96. The maximum atomic E-state index is 6.43. The molecule has 3 aromatic carbocycles. The van der Waals surface area contributed by atoms with Gasteiger partial charge in [0.05, 0.1) is 11.8 Å². The normalized spacial score (nSPS) is 21.0. The van der Waals surface area contributed by atoms with Gasteiger partial charge in [-0.3, -0.25) is 0 Å². The van der Waals surface area contributed by atoms with Crippen LogP contribution in [0.2, 0.25) is 0 Å². The molecule has 150 valence electrons. The molecule has 3 aromatic rings. The molecule has 0 radical (unpaired) electrons. The summed E-state index contributed by atoms with van der Waals surface area (Å²) in [7, 11) is 0. The minimum absolute atomic E-state index is 0.139. The lowest BCUT2D eigenvalue weighted by Crippen LogP contribution is -2.33. The fraction of sp³-hybridized carbons (Fsp3) is 0.208. The Kier molecular flexibility index (Phi) is 4.13. The highest BCUT2D eigenvalue weighted by Crippen LogP contribution is 2.48. The zero-order valence-corrected chi connectivity index (χ0v) is 17.3. The summed E-state index contributed by atoms with van der Waals surface area (Å²) < 4.78 is 17.5. The van der Waals surface area contributed by atoms with Crippen LogP contribution in [0.25, 0.3) is 0 Å². The van der Waals surface area contributed by atoms with Crippen molar-refractivity contribution in [1.82, 2.24) is 5.01 Å². The van der Waals surface area contributed by atoms with Crippen LogP contribution in [0.1, 0.15) is 35.4 Å². The Bertz CT molecular complexity index is 1150. The van der Waals surface area contributed by atoms with Crippen LogP contribution in [-0.2, 0) is 0 Å². The second-order valence-electron chi connectivity index (χ2n) is 7.50. The zero-order chi connectivity index (χ0) is 20.1. The minimum atomic E-state index is -0.257. The summed E-state index contributed by atoms with van der Waals surface area (Å²) in [5.41, 5.74) is 4.36. The summed E-state index contributed by atoms with van der Waals surface area (Å²) in [6.45, 7) is 0.273. The second-order valence-corrected chi connectivity index (χ2v) is 8.38. The number of hydrazone groups is 1. The molecular weight excluding hydrogens is 396 g/mol. The van der Waals surface area contributed by atoms with E-state index < -0.39 is 0 Å². The van der Waals surface area contributed by atoms with Crippen LogP contribution in [0, 0.1) is 0 Å². The molecule has 0 N–H and O–H groups in total. The molecule has 2 atom stereocenters. The van der Waals surface area contributed by atoms with Crippen molar-refractivity contribution in [3.05, 3.63) is 83.4 Å². The van der Waals surface area contributed by atoms with Gasteiger partial charge in [-0.1, -0.05) is 30.3 Å². The Labute approximate surface area is 179 Å². The fourth-order valence-electron chi connectivity index (χ4n) is 4.27. The Balaban J connectivity index is 1.41. The number of benzene rings is 3. The molecule has 0 spiro atoms. The maximum Gasteiger partial charge on any atom is 0.231 e. The number of thioether (sulfide) groups is 1. The van der Waals surface area contributed by atoms with Crippen LogP contribution in [0.3, 0.4) is 0 Å². The van der Waals surface area contributed by atoms with Gasteiger partial charge in [0.25, 0.3) is 0 Å². The number of ether oxygens (including phenoxy) is 3. The summed E-state index contributed by atoms with van der Waals surface area (Å²) in [5, 5.41) is 7.14. The Morgan fingerprint density at radius 1 is 0.933 bits per heavy atom. The van der Waals surface area contributed by atoms with Crippen molar-refractivity contribution in [2.24, 2.45) is 5.10 Å². The molecule has 6 rings (SSSR count). The van der Waals surface area contributed by atoms with Crippen LogP contribution in [0.4, 0.5) is 0 Å². The van der Waals surface area contributed by atoms with Crippen molar-refractivity contribution < 1.29 is 14.2 Å². The van der Waals surface area contributed by atoms with Gasteiger partial charge >= 0.3 is 0 Å². The van der Waals surface area contributed by atoms with Gasteiger partial charge in [0.15, 0.2) is 11.5 Å². The smallest absolute Gasteiger partial charge is 0.231 e. The lowest BCUT2D eigenvalue weighted by molar-refractivity contribution is -0.0190. The molecule has 30 heavy (non-hydrogen) atoms. The number of hydrogen-bond acceptors (Lipinski definition) is 6. The van der Waals surface area contributed by atoms with Gasteiger partial charge in [0, 0.05) is 28.0 Å². The van der Waals surface area contributed by atoms with E-state index in [-0.39, 0.29) is 19.1 Å². The molecule has 0 aliphatic carbocycles. The van der Waals surface area contributed by atoms with E-state index in [2.05, 4.69) is 59.8 Å². The van der Waals surface area contributed by atoms with Crippen molar-refractivity contribution in [1.29, 1.82) is 0 Å². The monoisotopic (exact) mass is 416 g/mol. The van der Waals surface area contributed by atoms with E-state index in [1.54, 1.807) is 11.8 Å². The Morgan fingerprint density at radius 2 is 1.77 bits per heavy atom. The number of fused-ring (bicyclic) bond motifs is 4. The predicted octanol–water partition coefficient (Wildman–Crippen LogP) is 5.38. The molecule has 3 aliphatic rings. The topological polar surface area (TPSA) is 43.3 Å². The summed E-state index contributed by atoms with van der Waals surface area (Å²) in [6, 6.07) is 23.0. The lowest BCUT2D eigenvalue weighted by Gasteiger charge is -2.38. The minimum Gasteiger partial charge on any atom is -0.464 e. The van der Waals surface area contributed by atoms with Crippen molar-refractivity contribution in [3.63, 3.8) is 0 Å². The van der Waals surface area contributed by atoms with Gasteiger partial charge in [0.2, 0.25) is 13.0 Å². The third-order valence-electron chi connectivity index (χ3n) is 5.81. The maximum absolute atomic E-state index is 6.43. The molecule has 0 unspecified atom stereocenters. The quantitative estimate of drug-likeness (QED) is 0.537. The Hall–Kier alpha value is -3.12. The van der Waals surface area contributed by atoms with Crippen molar-refractivity contribution in [2.45, 2.75) is 23.6 Å². The van der Waals surface area contributed by atoms with Gasteiger partial charge in [0.1, 0.15) is 5.75 Å². The van der Waals surface area contributed by atoms with Crippen LogP contribution in [-0.4, -0.2) is 23.8 Å². The van der Waals surface area contributed by atoms with Crippen molar-refractivity contribution in [2.75, 3.05) is 13.0 Å². The van der Waals surface area contributed by atoms with E-state index >= 15 is 0 Å². The molecule has 0 aromatic heterocycles. The number of para-hydroxylation sites is 1. The van der Waals surface area contributed by atoms with Gasteiger partial charge < -0.3 is 14.2 Å². The number of nitrogens with zero attached hydrogens (tertiary/aromatic N) is 2.